The molecule has 1 aromatic carbocycles. The molecule has 114 valence electrons. The highest BCUT2D eigenvalue weighted by Gasteiger charge is 2.19. The van der Waals surface area contributed by atoms with Crippen LogP contribution in [0.5, 0.6) is 5.75 Å². The van der Waals surface area contributed by atoms with Gasteiger partial charge in [0, 0.05) is 12.1 Å². The number of aromatic nitrogens is 1. The van der Waals surface area contributed by atoms with Crippen molar-refractivity contribution in [3.8, 4) is 5.75 Å². The highest BCUT2D eigenvalue weighted by molar-refractivity contribution is 7.89. The van der Waals surface area contributed by atoms with Crippen LogP contribution in [0, 0.1) is 20.8 Å². The predicted molar refractivity (Wildman–Crippen MR) is 77.7 cm³/mol. The number of rotatable bonds is 5. The monoisotopic (exact) mass is 310 g/mol. The Morgan fingerprint density at radius 2 is 2.00 bits per heavy atom. The van der Waals surface area contributed by atoms with E-state index in [9.17, 15) is 8.42 Å². The average molecular weight is 310 g/mol. The molecule has 0 amide bonds. The predicted octanol–water partition coefficient (Wildman–Crippen LogP) is 2.09. The molecule has 0 atom stereocenters. The van der Waals surface area contributed by atoms with E-state index in [1.807, 2.05) is 0 Å². The van der Waals surface area contributed by atoms with Gasteiger partial charge in [-0.1, -0.05) is 5.16 Å². The number of nitrogens with zero attached hydrogens (tertiary/aromatic N) is 1. The van der Waals surface area contributed by atoms with Crippen LogP contribution in [0.3, 0.4) is 0 Å². The van der Waals surface area contributed by atoms with Crippen LogP contribution < -0.4 is 9.46 Å². The number of benzene rings is 1. The number of ether oxygens (including phenoxy) is 1. The van der Waals surface area contributed by atoms with Crippen molar-refractivity contribution in [3.63, 3.8) is 0 Å². The Morgan fingerprint density at radius 1 is 1.29 bits per heavy atom. The second kappa shape index (κ2) is 5.87. The minimum Gasteiger partial charge on any atom is -0.497 e. The van der Waals surface area contributed by atoms with E-state index in [4.69, 9.17) is 9.26 Å². The van der Waals surface area contributed by atoms with E-state index in [1.54, 1.807) is 40.0 Å². The standard InChI is InChI=1S/C14H18N2O4S/c1-9-7-12(19-4)5-6-14(9)21(17,18)15-8-13-10(2)16-20-11(13)3/h5-7,15H,8H2,1-4H3. The zero-order valence-corrected chi connectivity index (χ0v) is 13.2. The lowest BCUT2D eigenvalue weighted by molar-refractivity contribution is 0.392. The second-order valence-electron chi connectivity index (χ2n) is 4.76. The fourth-order valence-corrected chi connectivity index (χ4v) is 3.27. The summed E-state index contributed by atoms with van der Waals surface area (Å²) in [5.41, 5.74) is 2.06. The third-order valence-electron chi connectivity index (χ3n) is 3.29. The molecule has 0 aliphatic rings. The Morgan fingerprint density at radius 3 is 2.52 bits per heavy atom. The van der Waals surface area contributed by atoms with Crippen LogP contribution >= 0.6 is 0 Å². The molecule has 0 radical (unpaired) electrons. The van der Waals surface area contributed by atoms with Crippen molar-refractivity contribution in [2.75, 3.05) is 7.11 Å². The molecular weight excluding hydrogens is 292 g/mol. The smallest absolute Gasteiger partial charge is 0.241 e. The lowest BCUT2D eigenvalue weighted by atomic mass is 10.2. The number of hydrogen-bond donors (Lipinski definition) is 1. The van der Waals surface area contributed by atoms with Crippen molar-refractivity contribution >= 4 is 10.0 Å². The first-order valence-corrected chi connectivity index (χ1v) is 7.89. The van der Waals surface area contributed by atoms with Gasteiger partial charge in [-0.05, 0) is 44.5 Å². The van der Waals surface area contributed by atoms with Gasteiger partial charge in [0.25, 0.3) is 0 Å². The van der Waals surface area contributed by atoms with Crippen LogP contribution in [0.25, 0.3) is 0 Å². The minimum atomic E-state index is -3.60. The Kier molecular flexibility index (Phi) is 4.34. The number of sulfonamides is 1. The molecule has 0 saturated heterocycles. The lowest BCUT2D eigenvalue weighted by Crippen LogP contribution is -2.24. The van der Waals surface area contributed by atoms with Crippen LogP contribution in [0.15, 0.2) is 27.6 Å². The van der Waals surface area contributed by atoms with Crippen molar-refractivity contribution in [2.24, 2.45) is 0 Å². The molecule has 0 unspecified atom stereocenters. The zero-order chi connectivity index (χ0) is 15.6. The first-order valence-electron chi connectivity index (χ1n) is 6.41. The summed E-state index contributed by atoms with van der Waals surface area (Å²) in [6.45, 7) is 5.41. The molecule has 2 aromatic rings. The molecule has 0 aliphatic heterocycles. The van der Waals surface area contributed by atoms with E-state index >= 15 is 0 Å². The van der Waals surface area contributed by atoms with Gasteiger partial charge in [0.05, 0.1) is 17.7 Å². The van der Waals surface area contributed by atoms with Gasteiger partial charge in [0.2, 0.25) is 10.0 Å². The van der Waals surface area contributed by atoms with Crippen molar-refractivity contribution in [1.29, 1.82) is 0 Å². The summed E-state index contributed by atoms with van der Waals surface area (Å²) in [7, 11) is -2.06. The molecule has 0 fully saturated rings. The van der Waals surface area contributed by atoms with E-state index in [2.05, 4.69) is 9.88 Å². The summed E-state index contributed by atoms with van der Waals surface area (Å²) in [5.74, 6) is 1.24. The van der Waals surface area contributed by atoms with Crippen LogP contribution in [0.1, 0.15) is 22.6 Å². The van der Waals surface area contributed by atoms with E-state index in [0.717, 1.165) is 5.56 Å². The van der Waals surface area contributed by atoms with Gasteiger partial charge >= 0.3 is 0 Å². The quantitative estimate of drug-likeness (QED) is 0.914. The summed E-state index contributed by atoms with van der Waals surface area (Å²) in [6, 6.07) is 4.84. The van der Waals surface area contributed by atoms with Gasteiger partial charge in [0.1, 0.15) is 11.5 Å². The Balaban J connectivity index is 2.23. The summed E-state index contributed by atoms with van der Waals surface area (Å²) in [5, 5.41) is 3.80. The Labute approximate surface area is 124 Å². The highest BCUT2D eigenvalue weighted by Crippen LogP contribution is 2.21. The van der Waals surface area contributed by atoms with Crippen LogP contribution in [-0.4, -0.2) is 20.7 Å². The minimum absolute atomic E-state index is 0.148. The van der Waals surface area contributed by atoms with E-state index in [-0.39, 0.29) is 11.4 Å². The van der Waals surface area contributed by atoms with E-state index in [1.165, 1.54) is 6.07 Å². The second-order valence-corrected chi connectivity index (χ2v) is 6.49. The molecule has 21 heavy (non-hydrogen) atoms. The first-order chi connectivity index (χ1) is 9.85. The topological polar surface area (TPSA) is 81.4 Å². The SMILES string of the molecule is COc1ccc(S(=O)(=O)NCc2c(C)noc2C)c(C)c1. The molecule has 0 spiro atoms. The Bertz CT molecular complexity index is 731. The molecule has 1 N–H and O–H groups in total. The summed E-state index contributed by atoms with van der Waals surface area (Å²) >= 11 is 0. The third-order valence-corrected chi connectivity index (χ3v) is 4.85. The largest absolute Gasteiger partial charge is 0.497 e. The van der Waals surface area contributed by atoms with Crippen LogP contribution in [0.4, 0.5) is 0 Å². The molecule has 1 heterocycles. The van der Waals surface area contributed by atoms with Gasteiger partial charge in [0.15, 0.2) is 0 Å². The summed E-state index contributed by atoms with van der Waals surface area (Å²) in [6.07, 6.45) is 0. The number of hydrogen-bond acceptors (Lipinski definition) is 5. The fraction of sp³-hybridized carbons (Fsp3) is 0.357. The van der Waals surface area contributed by atoms with Crippen molar-refractivity contribution in [3.05, 3.63) is 40.8 Å². The molecule has 6 nitrogen and oxygen atoms in total. The highest BCUT2D eigenvalue weighted by atomic mass is 32.2. The lowest BCUT2D eigenvalue weighted by Gasteiger charge is -2.10. The summed E-state index contributed by atoms with van der Waals surface area (Å²) in [4.78, 5) is 0.232. The van der Waals surface area contributed by atoms with Crippen LogP contribution in [0.2, 0.25) is 0 Å². The molecule has 1 aromatic heterocycles. The van der Waals surface area contributed by atoms with Gasteiger partial charge in [-0.25, -0.2) is 13.1 Å². The van der Waals surface area contributed by atoms with Crippen molar-refractivity contribution < 1.29 is 17.7 Å². The molecule has 0 saturated carbocycles. The van der Waals surface area contributed by atoms with Gasteiger partial charge < -0.3 is 9.26 Å². The Hall–Kier alpha value is -1.86. The zero-order valence-electron chi connectivity index (χ0n) is 12.4. The van der Waals surface area contributed by atoms with E-state index < -0.39 is 10.0 Å². The fourth-order valence-electron chi connectivity index (χ4n) is 2.05. The number of nitrogens with one attached hydrogen (secondary N) is 1. The molecule has 0 bridgehead atoms. The van der Waals surface area contributed by atoms with Crippen molar-refractivity contribution in [1.82, 2.24) is 9.88 Å². The maximum Gasteiger partial charge on any atom is 0.241 e. The third kappa shape index (κ3) is 3.25. The molecule has 7 heteroatoms. The maximum absolute atomic E-state index is 12.4. The maximum atomic E-state index is 12.4. The number of methoxy groups -OCH3 is 1. The van der Waals surface area contributed by atoms with E-state index in [0.29, 0.717) is 22.8 Å². The van der Waals surface area contributed by atoms with Gasteiger partial charge in [-0.15, -0.1) is 0 Å². The van der Waals surface area contributed by atoms with Crippen molar-refractivity contribution in [2.45, 2.75) is 32.2 Å². The molecule has 2 rings (SSSR count). The molecule has 0 aliphatic carbocycles. The van der Waals surface area contributed by atoms with Gasteiger partial charge in [-0.3, -0.25) is 0 Å². The normalized spacial score (nSPS) is 11.6. The van der Waals surface area contributed by atoms with Crippen LogP contribution in [-0.2, 0) is 16.6 Å². The first kappa shape index (κ1) is 15.5. The van der Waals surface area contributed by atoms with Gasteiger partial charge in [-0.2, -0.15) is 0 Å². The number of aryl methyl sites for hydroxylation is 3. The molecular formula is C14H18N2O4S. The summed E-state index contributed by atoms with van der Waals surface area (Å²) < 4.78 is 37.4. The average Bonchev–Trinajstić information content (AvgIpc) is 2.75.